The van der Waals surface area contributed by atoms with Crippen molar-refractivity contribution in [2.24, 2.45) is 0 Å². The molecule has 198 valence electrons. The number of carbonyl (C=O) groups excluding carboxylic acids is 2. The van der Waals surface area contributed by atoms with E-state index in [2.05, 4.69) is 22.5 Å². The highest BCUT2D eigenvalue weighted by Crippen LogP contribution is 2.26. The van der Waals surface area contributed by atoms with E-state index < -0.39 is 12.0 Å². The normalized spacial score (nSPS) is 15.7. The predicted molar refractivity (Wildman–Crippen MR) is 146 cm³/mol. The van der Waals surface area contributed by atoms with Crippen LogP contribution in [0.4, 0.5) is 5.69 Å². The molecule has 0 saturated carbocycles. The molecule has 1 aromatic heterocycles. The van der Waals surface area contributed by atoms with Crippen LogP contribution in [-0.2, 0) is 22.6 Å². The van der Waals surface area contributed by atoms with Crippen LogP contribution in [0.5, 0.6) is 0 Å². The van der Waals surface area contributed by atoms with Crippen molar-refractivity contribution in [1.82, 2.24) is 15.2 Å². The van der Waals surface area contributed by atoms with Crippen LogP contribution in [0.2, 0.25) is 0 Å². The molecular formula is C30H34N4O4. The van der Waals surface area contributed by atoms with Gasteiger partial charge in [-0.3, -0.25) is 19.4 Å². The van der Waals surface area contributed by atoms with E-state index >= 15 is 0 Å². The van der Waals surface area contributed by atoms with Crippen LogP contribution in [-0.4, -0.2) is 51.9 Å². The number of fused-ring (bicyclic) bond motifs is 1. The number of anilines is 1. The van der Waals surface area contributed by atoms with Gasteiger partial charge in [0, 0.05) is 48.7 Å². The molecule has 4 rings (SSSR count). The lowest BCUT2D eigenvalue weighted by Gasteiger charge is -2.24. The lowest BCUT2D eigenvalue weighted by atomic mass is 9.98. The minimum Gasteiger partial charge on any atom is -0.481 e. The van der Waals surface area contributed by atoms with Crippen molar-refractivity contribution in [3.05, 3.63) is 94.8 Å². The number of aromatic nitrogens is 1. The van der Waals surface area contributed by atoms with E-state index in [1.807, 2.05) is 55.5 Å². The quantitative estimate of drug-likeness (QED) is 0.375. The maximum absolute atomic E-state index is 13.3. The highest BCUT2D eigenvalue weighted by Gasteiger charge is 2.31. The number of nitrogens with one attached hydrogen (secondary N) is 2. The molecule has 8 heteroatoms. The molecule has 1 aliphatic heterocycles. The zero-order valence-electron chi connectivity index (χ0n) is 21.8. The summed E-state index contributed by atoms with van der Waals surface area (Å²) in [7, 11) is 0. The molecule has 0 fully saturated rings. The number of nitrogens with zero attached hydrogens (tertiary/aromatic N) is 2. The molecule has 2 aromatic carbocycles. The Morgan fingerprint density at radius 3 is 2.66 bits per heavy atom. The molecule has 0 radical (unpaired) electrons. The summed E-state index contributed by atoms with van der Waals surface area (Å²) in [5, 5.41) is 15.6. The summed E-state index contributed by atoms with van der Waals surface area (Å²) in [6.07, 6.45) is 2.92. The fraction of sp³-hybridized carbons (Fsp3) is 0.333. The Hall–Kier alpha value is -4.20. The number of carboxylic acid groups (broad SMARTS) is 1. The van der Waals surface area contributed by atoms with Gasteiger partial charge in [0.2, 0.25) is 5.91 Å². The standard InChI is InChI=1S/C30H34N4O4/c1-3-22(28-20(2)8-7-14-31-28)18-32-29(37)23-11-12-24-19-34(15-13-21-9-5-4-6-10-21)30(38)26(17-27(35)36)33-25(24)16-23/h4-12,14,16,22,26,33H,3,13,15,17-19H2,1-2H3,(H,32,37)(H,35,36). The second kappa shape index (κ2) is 12.4. The average molecular weight is 515 g/mol. The van der Waals surface area contributed by atoms with Crippen LogP contribution < -0.4 is 10.6 Å². The van der Waals surface area contributed by atoms with Gasteiger partial charge in [0.15, 0.2) is 0 Å². The molecular weight excluding hydrogens is 480 g/mol. The Morgan fingerprint density at radius 1 is 1.16 bits per heavy atom. The van der Waals surface area contributed by atoms with Crippen LogP contribution in [0.25, 0.3) is 0 Å². The van der Waals surface area contributed by atoms with Crippen molar-refractivity contribution in [3.63, 3.8) is 0 Å². The van der Waals surface area contributed by atoms with Crippen molar-refractivity contribution >= 4 is 23.5 Å². The van der Waals surface area contributed by atoms with Gasteiger partial charge >= 0.3 is 5.97 Å². The molecule has 2 unspecified atom stereocenters. The van der Waals surface area contributed by atoms with Crippen LogP contribution in [0.15, 0.2) is 66.9 Å². The Labute approximate surface area is 223 Å². The average Bonchev–Trinajstić information content (AvgIpc) is 3.04. The molecule has 3 N–H and O–H groups in total. The van der Waals surface area contributed by atoms with Crippen LogP contribution in [0.1, 0.15) is 58.4 Å². The zero-order valence-corrected chi connectivity index (χ0v) is 21.8. The number of pyridine rings is 1. The zero-order chi connectivity index (χ0) is 27.1. The van der Waals surface area contributed by atoms with Crippen molar-refractivity contribution < 1.29 is 19.5 Å². The molecule has 2 heterocycles. The maximum Gasteiger partial charge on any atom is 0.305 e. The van der Waals surface area contributed by atoms with E-state index in [-0.39, 0.29) is 24.2 Å². The van der Waals surface area contributed by atoms with Gasteiger partial charge in [0.25, 0.3) is 5.91 Å². The van der Waals surface area contributed by atoms with E-state index in [1.165, 1.54) is 0 Å². The highest BCUT2D eigenvalue weighted by atomic mass is 16.4. The number of benzene rings is 2. The lowest BCUT2D eigenvalue weighted by molar-refractivity contribution is -0.141. The summed E-state index contributed by atoms with van der Waals surface area (Å²) in [5.41, 5.74) is 5.06. The Bertz CT molecular complexity index is 1290. The fourth-order valence-corrected chi connectivity index (χ4v) is 4.83. The third kappa shape index (κ3) is 6.56. The number of hydrogen-bond acceptors (Lipinski definition) is 5. The van der Waals surface area contributed by atoms with Gasteiger partial charge in [-0.05, 0) is 54.7 Å². The van der Waals surface area contributed by atoms with Crippen LogP contribution in [0.3, 0.4) is 0 Å². The fourth-order valence-electron chi connectivity index (χ4n) is 4.83. The van der Waals surface area contributed by atoms with Crippen molar-refractivity contribution in [3.8, 4) is 0 Å². The Kier molecular flexibility index (Phi) is 8.73. The molecule has 8 nitrogen and oxygen atoms in total. The number of carboxylic acids is 1. The summed E-state index contributed by atoms with van der Waals surface area (Å²) in [4.78, 5) is 44.1. The second-order valence-electron chi connectivity index (χ2n) is 9.68. The molecule has 1 aliphatic rings. The Balaban J connectivity index is 1.50. The monoisotopic (exact) mass is 514 g/mol. The molecule has 0 aliphatic carbocycles. The first-order chi connectivity index (χ1) is 18.4. The minimum atomic E-state index is -1.06. The number of amides is 2. The lowest BCUT2D eigenvalue weighted by Crippen LogP contribution is -2.42. The smallest absolute Gasteiger partial charge is 0.305 e. The topological polar surface area (TPSA) is 112 Å². The number of rotatable bonds is 10. The van der Waals surface area contributed by atoms with E-state index in [0.717, 1.165) is 28.8 Å². The molecule has 2 atom stereocenters. The third-order valence-corrected chi connectivity index (χ3v) is 7.00. The Morgan fingerprint density at radius 2 is 1.95 bits per heavy atom. The summed E-state index contributed by atoms with van der Waals surface area (Å²) >= 11 is 0. The van der Waals surface area contributed by atoms with Gasteiger partial charge in [-0.15, -0.1) is 0 Å². The first-order valence-electron chi connectivity index (χ1n) is 13.0. The summed E-state index contributed by atoms with van der Waals surface area (Å²) in [5.74, 6) is -1.46. The van der Waals surface area contributed by atoms with Gasteiger partial charge in [-0.1, -0.05) is 49.4 Å². The molecule has 2 amide bonds. The van der Waals surface area contributed by atoms with Crippen LogP contribution in [0, 0.1) is 6.92 Å². The van der Waals surface area contributed by atoms with Crippen LogP contribution >= 0.6 is 0 Å². The molecule has 3 aromatic rings. The van der Waals surface area contributed by atoms with Gasteiger partial charge in [-0.25, -0.2) is 0 Å². The van der Waals surface area contributed by atoms with Gasteiger partial charge in [0.05, 0.1) is 6.42 Å². The SMILES string of the molecule is CCC(CNC(=O)c1ccc2c(c1)NC(CC(=O)O)C(=O)N(CCc1ccccc1)C2)c1ncccc1C. The first-order valence-corrected chi connectivity index (χ1v) is 13.0. The van der Waals surface area contributed by atoms with E-state index in [1.54, 1.807) is 23.2 Å². The summed E-state index contributed by atoms with van der Waals surface area (Å²) < 4.78 is 0. The highest BCUT2D eigenvalue weighted by molar-refractivity contribution is 5.96. The molecule has 38 heavy (non-hydrogen) atoms. The first kappa shape index (κ1) is 26.9. The minimum absolute atomic E-state index is 0.0924. The maximum atomic E-state index is 13.3. The number of hydrogen-bond donors (Lipinski definition) is 3. The summed E-state index contributed by atoms with van der Waals surface area (Å²) in [6, 6.07) is 18.2. The van der Waals surface area contributed by atoms with Gasteiger partial charge in [0.1, 0.15) is 6.04 Å². The number of aliphatic carboxylic acids is 1. The number of aryl methyl sites for hydroxylation is 1. The van der Waals surface area contributed by atoms with Crippen molar-refractivity contribution in [1.29, 1.82) is 0 Å². The molecule has 0 spiro atoms. The number of carbonyl (C=O) groups is 3. The van der Waals surface area contributed by atoms with E-state index in [4.69, 9.17) is 0 Å². The van der Waals surface area contributed by atoms with E-state index in [0.29, 0.717) is 37.3 Å². The molecule has 0 bridgehead atoms. The third-order valence-electron chi connectivity index (χ3n) is 7.00. The van der Waals surface area contributed by atoms with E-state index in [9.17, 15) is 19.5 Å². The molecule has 0 saturated heterocycles. The second-order valence-corrected chi connectivity index (χ2v) is 9.68. The van der Waals surface area contributed by atoms with Crippen molar-refractivity contribution in [2.45, 2.75) is 51.6 Å². The largest absolute Gasteiger partial charge is 0.481 e. The predicted octanol–water partition coefficient (Wildman–Crippen LogP) is 4.15. The van der Waals surface area contributed by atoms with Crippen molar-refractivity contribution in [2.75, 3.05) is 18.4 Å². The van der Waals surface area contributed by atoms with Gasteiger partial charge in [-0.2, -0.15) is 0 Å². The summed E-state index contributed by atoms with van der Waals surface area (Å²) in [6.45, 7) is 5.34. The van der Waals surface area contributed by atoms with Gasteiger partial charge < -0.3 is 20.6 Å².